The van der Waals surface area contributed by atoms with Crippen molar-refractivity contribution < 1.29 is 12.8 Å². The second kappa shape index (κ2) is 2.89. The van der Waals surface area contributed by atoms with Gasteiger partial charge in [-0.2, -0.15) is 0 Å². The zero-order chi connectivity index (χ0) is 11.3. The van der Waals surface area contributed by atoms with Crippen molar-refractivity contribution in [2.24, 2.45) is 0 Å². The molecular weight excluding hydrogens is 226 g/mol. The molecule has 0 unspecified atom stereocenters. The maximum absolute atomic E-state index is 11.6. The van der Waals surface area contributed by atoms with Crippen molar-refractivity contribution in [3.05, 3.63) is 35.2 Å². The van der Waals surface area contributed by atoms with Crippen molar-refractivity contribution >= 4 is 33.0 Å². The first-order valence-corrected chi connectivity index (χ1v) is 6.28. The molecule has 5 heteroatoms. The number of fused-ring (bicyclic) bond motifs is 3. The lowest BCUT2D eigenvalue weighted by Crippen LogP contribution is -2.26. The van der Waals surface area contributed by atoms with Gasteiger partial charge in [0.15, 0.2) is 0 Å². The molecule has 16 heavy (non-hydrogen) atoms. The highest BCUT2D eigenvalue weighted by Crippen LogP contribution is 2.37. The zero-order valence-corrected chi connectivity index (χ0v) is 9.36. The minimum Gasteiger partial charge on any atom is -0.439 e. The number of nitrogens with zero attached hydrogens (tertiary/aromatic N) is 1. The molecule has 1 aliphatic heterocycles. The summed E-state index contributed by atoms with van der Waals surface area (Å²) in [6, 6.07) is 7.49. The van der Waals surface area contributed by atoms with Crippen molar-refractivity contribution in [1.82, 2.24) is 0 Å². The summed E-state index contributed by atoms with van der Waals surface area (Å²) in [5.41, 5.74) is 1.51. The Bertz CT molecular complexity index is 697. The summed E-state index contributed by atoms with van der Waals surface area (Å²) >= 11 is 0. The van der Waals surface area contributed by atoms with E-state index in [1.165, 1.54) is 12.5 Å². The first-order chi connectivity index (χ1) is 7.59. The minimum absolute atomic E-state index is 0.378. The van der Waals surface area contributed by atoms with E-state index in [4.69, 9.17) is 4.42 Å². The van der Waals surface area contributed by atoms with E-state index in [1.807, 2.05) is 24.3 Å². The molecule has 0 N–H and O–H groups in total. The van der Waals surface area contributed by atoms with Gasteiger partial charge in [0, 0.05) is 18.0 Å². The number of hydrogen-bond acceptors (Lipinski definition) is 3. The highest BCUT2D eigenvalue weighted by molar-refractivity contribution is 7.95. The highest BCUT2D eigenvalue weighted by Gasteiger charge is 2.27. The van der Waals surface area contributed by atoms with Crippen molar-refractivity contribution in [3.8, 4) is 0 Å². The Hall–Kier alpha value is -1.75. The molecular formula is C11H9NO3S. The first-order valence-electron chi connectivity index (χ1n) is 4.78. The molecule has 3 rings (SSSR count). The van der Waals surface area contributed by atoms with Gasteiger partial charge in [-0.3, -0.25) is 0 Å². The van der Waals surface area contributed by atoms with Crippen LogP contribution in [0.15, 0.2) is 34.1 Å². The lowest BCUT2D eigenvalue weighted by molar-refractivity contribution is 0.585. The van der Waals surface area contributed by atoms with Crippen LogP contribution >= 0.6 is 0 Å². The van der Waals surface area contributed by atoms with Gasteiger partial charge in [-0.15, -0.1) is 0 Å². The van der Waals surface area contributed by atoms with Gasteiger partial charge in [0.2, 0.25) is 5.88 Å². The number of furan rings is 1. The maximum Gasteiger partial charge on any atom is 0.259 e. The third-order valence-electron chi connectivity index (χ3n) is 2.69. The van der Waals surface area contributed by atoms with E-state index in [0.29, 0.717) is 11.5 Å². The second-order valence-corrected chi connectivity index (χ2v) is 5.48. The predicted molar refractivity (Wildman–Crippen MR) is 62.6 cm³/mol. The Balaban J connectivity index is 2.40. The average Bonchev–Trinajstić information content (AvgIpc) is 2.63. The molecule has 2 aromatic rings. The quantitative estimate of drug-likeness (QED) is 0.703. The fourth-order valence-corrected chi connectivity index (χ4v) is 2.67. The molecule has 4 nitrogen and oxygen atoms in total. The zero-order valence-electron chi connectivity index (χ0n) is 8.54. The van der Waals surface area contributed by atoms with Crippen LogP contribution in [0.1, 0.15) is 5.56 Å². The fraction of sp³-hybridized carbons (Fsp3) is 0.0909. The normalized spacial score (nSPS) is 17.7. The smallest absolute Gasteiger partial charge is 0.259 e. The van der Waals surface area contributed by atoms with Gasteiger partial charge in [-0.05, 0) is 12.1 Å². The number of sulfonamides is 1. The first kappa shape index (κ1) is 9.47. The Kier molecular flexibility index (Phi) is 1.71. The van der Waals surface area contributed by atoms with Crippen LogP contribution in [0, 0.1) is 0 Å². The Morgan fingerprint density at radius 1 is 1.25 bits per heavy atom. The number of rotatable bonds is 0. The fourth-order valence-electron chi connectivity index (χ4n) is 1.81. The molecule has 0 radical (unpaired) electrons. The maximum atomic E-state index is 11.6. The standard InChI is InChI=1S/C11H9NO3S/c1-12-11-9(6-7-16(12,13)14)8-4-2-3-5-10(8)15-11/h2-7H,1H3. The molecule has 2 heterocycles. The third kappa shape index (κ3) is 1.12. The number of anilines is 1. The molecule has 0 fully saturated rings. The molecule has 0 amide bonds. The Labute approximate surface area is 92.8 Å². The topological polar surface area (TPSA) is 50.5 Å². The van der Waals surface area contributed by atoms with Gasteiger partial charge < -0.3 is 4.42 Å². The number of para-hydroxylation sites is 1. The molecule has 0 spiro atoms. The lowest BCUT2D eigenvalue weighted by Gasteiger charge is -2.17. The van der Waals surface area contributed by atoms with Crippen LogP contribution in [-0.2, 0) is 10.0 Å². The summed E-state index contributed by atoms with van der Waals surface area (Å²) < 4.78 is 29.9. The molecule has 0 bridgehead atoms. The van der Waals surface area contributed by atoms with E-state index in [1.54, 1.807) is 6.08 Å². The van der Waals surface area contributed by atoms with Crippen LogP contribution in [-0.4, -0.2) is 15.5 Å². The molecule has 0 saturated heterocycles. The largest absolute Gasteiger partial charge is 0.439 e. The second-order valence-electron chi connectivity index (χ2n) is 3.63. The Morgan fingerprint density at radius 2 is 2.00 bits per heavy atom. The summed E-state index contributed by atoms with van der Waals surface area (Å²) in [5.74, 6) is 0.378. The molecule has 0 saturated carbocycles. The third-order valence-corrected chi connectivity index (χ3v) is 4.10. The molecule has 1 aromatic carbocycles. The average molecular weight is 235 g/mol. The summed E-state index contributed by atoms with van der Waals surface area (Å²) in [7, 11) is -1.88. The van der Waals surface area contributed by atoms with Crippen molar-refractivity contribution in [2.45, 2.75) is 0 Å². The summed E-state index contributed by atoms with van der Waals surface area (Å²) in [6.07, 6.45) is 1.58. The molecule has 1 aromatic heterocycles. The van der Waals surface area contributed by atoms with E-state index in [0.717, 1.165) is 15.3 Å². The predicted octanol–water partition coefficient (Wildman–Crippen LogP) is 2.18. The van der Waals surface area contributed by atoms with Crippen LogP contribution in [0.2, 0.25) is 0 Å². The van der Waals surface area contributed by atoms with Crippen molar-refractivity contribution in [1.29, 1.82) is 0 Å². The summed E-state index contributed by atoms with van der Waals surface area (Å²) in [5, 5.41) is 2.12. The highest BCUT2D eigenvalue weighted by atomic mass is 32.2. The van der Waals surface area contributed by atoms with E-state index in [-0.39, 0.29) is 0 Å². The number of hydrogen-bond donors (Lipinski definition) is 0. The van der Waals surface area contributed by atoms with Crippen molar-refractivity contribution in [3.63, 3.8) is 0 Å². The van der Waals surface area contributed by atoms with Gasteiger partial charge in [-0.1, -0.05) is 18.2 Å². The van der Waals surface area contributed by atoms with Crippen LogP contribution in [0.5, 0.6) is 0 Å². The SMILES string of the molecule is CN1c2oc3ccccc3c2C=CS1(=O)=O. The van der Waals surface area contributed by atoms with Gasteiger partial charge in [0.05, 0.1) is 5.41 Å². The Morgan fingerprint density at radius 3 is 2.81 bits per heavy atom. The van der Waals surface area contributed by atoms with Crippen LogP contribution in [0.3, 0.4) is 0 Å². The van der Waals surface area contributed by atoms with E-state index in [2.05, 4.69) is 0 Å². The summed E-state index contributed by atoms with van der Waals surface area (Å²) in [4.78, 5) is 0. The van der Waals surface area contributed by atoms with E-state index < -0.39 is 10.0 Å². The monoisotopic (exact) mass is 235 g/mol. The van der Waals surface area contributed by atoms with E-state index in [9.17, 15) is 8.42 Å². The van der Waals surface area contributed by atoms with Crippen LogP contribution < -0.4 is 4.31 Å². The van der Waals surface area contributed by atoms with Gasteiger partial charge >= 0.3 is 0 Å². The molecule has 0 atom stereocenters. The molecule has 82 valence electrons. The molecule has 1 aliphatic rings. The van der Waals surface area contributed by atoms with Crippen molar-refractivity contribution in [2.75, 3.05) is 11.4 Å². The minimum atomic E-state index is -3.36. The molecule has 0 aliphatic carbocycles. The number of benzene rings is 1. The van der Waals surface area contributed by atoms with Gasteiger partial charge in [0.1, 0.15) is 5.58 Å². The van der Waals surface area contributed by atoms with E-state index >= 15 is 0 Å². The lowest BCUT2D eigenvalue weighted by atomic mass is 10.1. The van der Waals surface area contributed by atoms with Crippen LogP contribution in [0.25, 0.3) is 17.0 Å². The van der Waals surface area contributed by atoms with Gasteiger partial charge in [0.25, 0.3) is 10.0 Å². The summed E-state index contributed by atoms with van der Waals surface area (Å²) in [6.45, 7) is 0. The van der Waals surface area contributed by atoms with Crippen LogP contribution in [0.4, 0.5) is 5.88 Å². The van der Waals surface area contributed by atoms with Gasteiger partial charge in [-0.25, -0.2) is 12.7 Å².